The second-order valence-corrected chi connectivity index (χ2v) is 5.81. The first kappa shape index (κ1) is 18.4. The number of amides is 4. The number of ether oxygens (including phenoxy) is 2. The lowest BCUT2D eigenvalue weighted by Gasteiger charge is -2.26. The summed E-state index contributed by atoms with van der Waals surface area (Å²) in [6.07, 6.45) is 4.17. The topological polar surface area (TPSA) is 97.8 Å². The van der Waals surface area contributed by atoms with Gasteiger partial charge in [-0.25, -0.2) is 9.69 Å². The lowest BCUT2D eigenvalue weighted by Crippen LogP contribution is -2.54. The maximum atomic E-state index is 12.8. The van der Waals surface area contributed by atoms with E-state index in [1.165, 1.54) is 44.8 Å². The number of benzene rings is 1. The highest BCUT2D eigenvalue weighted by molar-refractivity contribution is 6.39. The van der Waals surface area contributed by atoms with Gasteiger partial charge < -0.3 is 9.47 Å². The molecule has 8 nitrogen and oxygen atoms in total. The van der Waals surface area contributed by atoms with Gasteiger partial charge in [-0.2, -0.15) is 0 Å². The van der Waals surface area contributed by atoms with E-state index in [1.807, 2.05) is 0 Å². The predicted molar refractivity (Wildman–Crippen MR) is 97.8 cm³/mol. The van der Waals surface area contributed by atoms with E-state index in [0.29, 0.717) is 17.1 Å². The molecule has 1 N–H and O–H groups in total. The summed E-state index contributed by atoms with van der Waals surface area (Å²) in [5.41, 5.74) is 0.433. The van der Waals surface area contributed by atoms with Crippen molar-refractivity contribution < 1.29 is 23.9 Å². The van der Waals surface area contributed by atoms with Crippen LogP contribution in [0.2, 0.25) is 5.02 Å². The molecule has 138 valence electrons. The van der Waals surface area contributed by atoms with Crippen LogP contribution in [0.5, 0.6) is 11.5 Å². The van der Waals surface area contributed by atoms with Crippen molar-refractivity contribution in [2.75, 3.05) is 19.1 Å². The first-order valence-electron chi connectivity index (χ1n) is 7.69. The molecule has 0 aliphatic carbocycles. The van der Waals surface area contributed by atoms with Crippen LogP contribution in [0.15, 0.2) is 42.2 Å². The van der Waals surface area contributed by atoms with Crippen LogP contribution in [-0.2, 0) is 9.59 Å². The van der Waals surface area contributed by atoms with Gasteiger partial charge >= 0.3 is 6.03 Å². The quantitative estimate of drug-likeness (QED) is 0.639. The predicted octanol–water partition coefficient (Wildman–Crippen LogP) is 2.42. The maximum absolute atomic E-state index is 12.8. The summed E-state index contributed by atoms with van der Waals surface area (Å²) in [4.78, 5) is 41.8. The molecule has 9 heteroatoms. The highest BCUT2D eigenvalue weighted by atomic mass is 35.5. The SMILES string of the molecule is COc1cc(/C=C2\C(=O)NC(=O)N(c3cccnc3)C2=O)cc(Cl)c1OC. The van der Waals surface area contributed by atoms with E-state index in [-0.39, 0.29) is 16.3 Å². The summed E-state index contributed by atoms with van der Waals surface area (Å²) in [6, 6.07) is 5.33. The third kappa shape index (κ3) is 3.47. The van der Waals surface area contributed by atoms with Gasteiger partial charge in [-0.05, 0) is 35.9 Å². The van der Waals surface area contributed by atoms with E-state index in [0.717, 1.165) is 4.90 Å². The van der Waals surface area contributed by atoms with Gasteiger partial charge in [0, 0.05) is 6.20 Å². The standard InChI is InChI=1S/C18H14ClN3O5/c1-26-14-8-10(7-13(19)15(14)27-2)6-12-16(23)21-18(25)22(17(12)24)11-4-3-5-20-9-11/h3-9H,1-2H3,(H,21,23,25)/b12-6+. The van der Waals surface area contributed by atoms with Crippen molar-refractivity contribution in [2.45, 2.75) is 0 Å². The highest BCUT2D eigenvalue weighted by Crippen LogP contribution is 2.36. The van der Waals surface area contributed by atoms with Crippen molar-refractivity contribution in [3.63, 3.8) is 0 Å². The van der Waals surface area contributed by atoms with Gasteiger partial charge in [0.2, 0.25) is 0 Å². The lowest BCUT2D eigenvalue weighted by atomic mass is 10.1. The third-order valence-corrected chi connectivity index (χ3v) is 4.05. The van der Waals surface area contributed by atoms with Gasteiger partial charge in [0.25, 0.3) is 11.8 Å². The molecule has 0 unspecified atom stereocenters. The molecule has 2 heterocycles. The zero-order valence-corrected chi connectivity index (χ0v) is 15.1. The van der Waals surface area contributed by atoms with E-state index >= 15 is 0 Å². The Morgan fingerprint density at radius 3 is 2.59 bits per heavy atom. The molecular formula is C18H14ClN3O5. The second-order valence-electron chi connectivity index (χ2n) is 5.41. The number of methoxy groups -OCH3 is 2. The van der Waals surface area contributed by atoms with Crippen molar-refractivity contribution in [2.24, 2.45) is 0 Å². The number of urea groups is 1. The van der Waals surface area contributed by atoms with E-state index in [1.54, 1.807) is 12.1 Å². The molecule has 4 amide bonds. The summed E-state index contributed by atoms with van der Waals surface area (Å²) in [6.45, 7) is 0. The zero-order valence-electron chi connectivity index (χ0n) is 14.4. The number of hydrogen-bond donors (Lipinski definition) is 1. The minimum absolute atomic E-state index is 0.235. The minimum atomic E-state index is -0.847. The number of aromatic nitrogens is 1. The molecule has 1 aromatic heterocycles. The van der Waals surface area contributed by atoms with Crippen molar-refractivity contribution in [1.82, 2.24) is 10.3 Å². The zero-order chi connectivity index (χ0) is 19.6. The number of pyridine rings is 1. The number of anilines is 1. The number of halogens is 1. The molecule has 1 saturated heterocycles. The molecule has 1 fully saturated rings. The van der Waals surface area contributed by atoms with Crippen molar-refractivity contribution in [3.8, 4) is 11.5 Å². The maximum Gasteiger partial charge on any atom is 0.336 e. The van der Waals surface area contributed by atoms with Crippen LogP contribution in [0.25, 0.3) is 6.08 Å². The summed E-state index contributed by atoms with van der Waals surface area (Å²) in [5.74, 6) is -0.924. The average Bonchev–Trinajstić information content (AvgIpc) is 2.65. The Balaban J connectivity index is 2.05. The van der Waals surface area contributed by atoms with Gasteiger partial charge in [-0.15, -0.1) is 0 Å². The summed E-state index contributed by atoms with van der Waals surface area (Å²) < 4.78 is 10.4. The number of imide groups is 2. The van der Waals surface area contributed by atoms with Crippen LogP contribution >= 0.6 is 11.6 Å². The fourth-order valence-electron chi connectivity index (χ4n) is 2.57. The molecule has 1 aliphatic heterocycles. The number of carbonyl (C=O) groups excluding carboxylic acids is 3. The smallest absolute Gasteiger partial charge is 0.336 e. The first-order chi connectivity index (χ1) is 13.0. The van der Waals surface area contributed by atoms with Crippen LogP contribution in [0, 0.1) is 0 Å². The molecule has 0 radical (unpaired) electrons. The molecular weight excluding hydrogens is 374 g/mol. The number of hydrogen-bond acceptors (Lipinski definition) is 6. The van der Waals surface area contributed by atoms with Crippen molar-refractivity contribution in [3.05, 3.63) is 52.8 Å². The lowest BCUT2D eigenvalue weighted by molar-refractivity contribution is -0.122. The minimum Gasteiger partial charge on any atom is -0.493 e. The second kappa shape index (κ2) is 7.46. The van der Waals surface area contributed by atoms with Crippen molar-refractivity contribution in [1.29, 1.82) is 0 Å². The Kier molecular flexibility index (Phi) is 5.09. The van der Waals surface area contributed by atoms with Crippen LogP contribution in [-0.4, -0.2) is 37.0 Å². The summed E-state index contributed by atoms with van der Waals surface area (Å²) in [5, 5.41) is 2.38. The van der Waals surface area contributed by atoms with E-state index < -0.39 is 17.8 Å². The summed E-state index contributed by atoms with van der Waals surface area (Å²) in [7, 11) is 2.88. The molecule has 27 heavy (non-hydrogen) atoms. The highest BCUT2D eigenvalue weighted by Gasteiger charge is 2.37. The molecule has 0 bridgehead atoms. The molecule has 0 saturated carbocycles. The van der Waals surface area contributed by atoms with Crippen LogP contribution in [0.4, 0.5) is 10.5 Å². The van der Waals surface area contributed by atoms with Gasteiger partial charge in [0.1, 0.15) is 5.57 Å². The Bertz CT molecular complexity index is 959. The van der Waals surface area contributed by atoms with Crippen LogP contribution < -0.4 is 19.7 Å². The largest absolute Gasteiger partial charge is 0.493 e. The molecule has 0 spiro atoms. The average molecular weight is 388 g/mol. The van der Waals surface area contributed by atoms with Crippen LogP contribution in [0.3, 0.4) is 0 Å². The Morgan fingerprint density at radius 2 is 1.96 bits per heavy atom. The monoisotopic (exact) mass is 387 g/mol. The van der Waals surface area contributed by atoms with E-state index in [9.17, 15) is 14.4 Å². The molecule has 2 aromatic rings. The van der Waals surface area contributed by atoms with Crippen LogP contribution in [0.1, 0.15) is 5.56 Å². The molecule has 3 rings (SSSR count). The number of nitrogens with one attached hydrogen (secondary N) is 1. The molecule has 0 atom stereocenters. The Labute approximate surface area is 159 Å². The number of rotatable bonds is 4. The molecule has 1 aromatic carbocycles. The fourth-order valence-corrected chi connectivity index (χ4v) is 2.86. The Morgan fingerprint density at radius 1 is 1.19 bits per heavy atom. The number of nitrogens with zero attached hydrogens (tertiary/aromatic N) is 2. The van der Waals surface area contributed by atoms with Gasteiger partial charge in [-0.1, -0.05) is 11.6 Å². The molecule has 1 aliphatic rings. The first-order valence-corrected chi connectivity index (χ1v) is 8.07. The normalized spacial score (nSPS) is 15.7. The van der Waals surface area contributed by atoms with Gasteiger partial charge in [-0.3, -0.25) is 19.9 Å². The number of carbonyl (C=O) groups is 3. The number of barbiturate groups is 1. The summed E-state index contributed by atoms with van der Waals surface area (Å²) >= 11 is 6.16. The van der Waals surface area contributed by atoms with Gasteiger partial charge in [0.15, 0.2) is 11.5 Å². The Hall–Kier alpha value is -3.39. The fraction of sp³-hybridized carbons (Fsp3) is 0.111. The van der Waals surface area contributed by atoms with E-state index in [4.69, 9.17) is 21.1 Å². The van der Waals surface area contributed by atoms with Crippen molar-refractivity contribution >= 4 is 41.2 Å². The van der Waals surface area contributed by atoms with Gasteiger partial charge in [0.05, 0.1) is 31.1 Å². The van der Waals surface area contributed by atoms with E-state index in [2.05, 4.69) is 10.3 Å². The third-order valence-electron chi connectivity index (χ3n) is 3.77.